The van der Waals surface area contributed by atoms with Gasteiger partial charge in [0.1, 0.15) is 11.5 Å². The normalized spacial score (nSPS) is 17.2. The molecule has 2 aromatic rings. The monoisotopic (exact) mass is 342 g/mol. The maximum atomic E-state index is 11.1. The van der Waals surface area contributed by atoms with Gasteiger partial charge in [0, 0.05) is 38.1 Å². The van der Waals surface area contributed by atoms with Gasteiger partial charge in [-0.3, -0.25) is 4.98 Å². The molecule has 1 saturated heterocycles. The lowest BCUT2D eigenvalue weighted by molar-refractivity contribution is -0.0258. The summed E-state index contributed by atoms with van der Waals surface area (Å²) < 4.78 is 10.7. The van der Waals surface area contributed by atoms with Crippen molar-refractivity contribution >= 4 is 0 Å². The molecule has 3 rings (SSSR count). The van der Waals surface area contributed by atoms with Gasteiger partial charge < -0.3 is 19.5 Å². The van der Waals surface area contributed by atoms with Gasteiger partial charge in [-0.05, 0) is 54.7 Å². The molecule has 1 fully saturated rings. The highest BCUT2D eigenvalue weighted by molar-refractivity contribution is 5.41. The van der Waals surface area contributed by atoms with Crippen LogP contribution in [-0.4, -0.2) is 48.8 Å². The molecular weight excluding hydrogens is 316 g/mol. The molecule has 5 heteroatoms. The fraction of sp³-hybridized carbons (Fsp3) is 0.450. The molecule has 0 amide bonds. The summed E-state index contributed by atoms with van der Waals surface area (Å²) in [5.41, 5.74) is 1.35. The van der Waals surface area contributed by atoms with Crippen molar-refractivity contribution in [2.24, 2.45) is 0 Å². The molecule has 2 heterocycles. The number of aliphatic hydroxyl groups is 1. The first-order valence-electron chi connectivity index (χ1n) is 8.70. The summed E-state index contributed by atoms with van der Waals surface area (Å²) in [4.78, 5) is 6.46. The first kappa shape index (κ1) is 17.7. The summed E-state index contributed by atoms with van der Waals surface area (Å²) in [6, 6.07) is 9.77. The van der Waals surface area contributed by atoms with Crippen LogP contribution in [0.4, 0.5) is 0 Å². The van der Waals surface area contributed by atoms with E-state index in [-0.39, 0.29) is 0 Å². The molecule has 1 N–H and O–H groups in total. The molecule has 0 atom stereocenters. The number of hydrogen-bond acceptors (Lipinski definition) is 5. The van der Waals surface area contributed by atoms with Crippen LogP contribution in [0, 0.1) is 0 Å². The first-order valence-corrected chi connectivity index (χ1v) is 8.70. The van der Waals surface area contributed by atoms with Gasteiger partial charge in [0.2, 0.25) is 0 Å². The van der Waals surface area contributed by atoms with E-state index in [9.17, 15) is 5.11 Å². The third kappa shape index (κ3) is 4.30. The first-order chi connectivity index (χ1) is 12.1. The number of nitrogens with zero attached hydrogens (tertiary/aromatic N) is 2. The zero-order chi connectivity index (χ0) is 17.7. The Morgan fingerprint density at radius 1 is 1.04 bits per heavy atom. The van der Waals surface area contributed by atoms with E-state index in [0.29, 0.717) is 24.3 Å². The van der Waals surface area contributed by atoms with Crippen molar-refractivity contribution in [3.63, 3.8) is 0 Å². The van der Waals surface area contributed by atoms with Crippen LogP contribution >= 0.6 is 0 Å². The van der Waals surface area contributed by atoms with Crippen molar-refractivity contribution in [2.45, 2.75) is 24.9 Å². The number of likely N-dealkylation sites (tertiary alicyclic amines) is 1. The van der Waals surface area contributed by atoms with E-state index < -0.39 is 5.60 Å². The Hall–Kier alpha value is -2.11. The number of hydrogen-bond donors (Lipinski definition) is 1. The van der Waals surface area contributed by atoms with Gasteiger partial charge in [-0.1, -0.05) is 0 Å². The Labute approximate surface area is 149 Å². The van der Waals surface area contributed by atoms with Gasteiger partial charge in [0.25, 0.3) is 0 Å². The SMILES string of the molecule is COc1cc(OC)cc(C2(O)CCN(CCc3ccncc3)CC2)c1. The van der Waals surface area contributed by atoms with Crippen molar-refractivity contribution in [3.05, 3.63) is 53.9 Å². The van der Waals surface area contributed by atoms with Crippen LogP contribution in [-0.2, 0) is 12.0 Å². The van der Waals surface area contributed by atoms with E-state index in [0.717, 1.165) is 31.6 Å². The molecule has 5 nitrogen and oxygen atoms in total. The maximum Gasteiger partial charge on any atom is 0.122 e. The van der Waals surface area contributed by atoms with Crippen LogP contribution in [0.3, 0.4) is 0 Å². The lowest BCUT2D eigenvalue weighted by Gasteiger charge is -2.38. The van der Waals surface area contributed by atoms with Crippen molar-refractivity contribution in [2.75, 3.05) is 33.9 Å². The molecule has 1 aromatic carbocycles. The summed E-state index contributed by atoms with van der Waals surface area (Å²) in [7, 11) is 3.26. The summed E-state index contributed by atoms with van der Waals surface area (Å²) in [5.74, 6) is 1.42. The minimum Gasteiger partial charge on any atom is -0.497 e. The molecule has 134 valence electrons. The predicted octanol–water partition coefficient (Wildman–Crippen LogP) is 2.62. The fourth-order valence-corrected chi connectivity index (χ4v) is 3.35. The number of benzene rings is 1. The molecule has 0 spiro atoms. The third-order valence-corrected chi connectivity index (χ3v) is 5.04. The van der Waals surface area contributed by atoms with Gasteiger partial charge in [-0.2, -0.15) is 0 Å². The van der Waals surface area contributed by atoms with E-state index in [1.54, 1.807) is 14.2 Å². The Bertz CT molecular complexity index is 660. The zero-order valence-corrected chi connectivity index (χ0v) is 14.9. The molecule has 0 bridgehead atoms. The molecule has 0 unspecified atom stereocenters. The summed E-state index contributed by atoms with van der Waals surface area (Å²) in [6.45, 7) is 2.75. The highest BCUT2D eigenvalue weighted by atomic mass is 16.5. The zero-order valence-electron chi connectivity index (χ0n) is 14.9. The van der Waals surface area contributed by atoms with Crippen molar-refractivity contribution in [3.8, 4) is 11.5 Å². The lowest BCUT2D eigenvalue weighted by Crippen LogP contribution is -2.43. The van der Waals surface area contributed by atoms with Crippen LogP contribution in [0.2, 0.25) is 0 Å². The van der Waals surface area contributed by atoms with Crippen LogP contribution in [0.15, 0.2) is 42.7 Å². The Kier molecular flexibility index (Phi) is 5.56. The van der Waals surface area contributed by atoms with E-state index in [2.05, 4.69) is 22.0 Å². The molecule has 0 saturated carbocycles. The van der Waals surface area contributed by atoms with Crippen molar-refractivity contribution in [1.82, 2.24) is 9.88 Å². The molecule has 1 aliphatic heterocycles. The van der Waals surface area contributed by atoms with Crippen LogP contribution in [0.1, 0.15) is 24.0 Å². The number of rotatable bonds is 6. The summed E-state index contributed by atoms with van der Waals surface area (Å²) >= 11 is 0. The second-order valence-corrected chi connectivity index (χ2v) is 6.58. The van der Waals surface area contributed by atoms with Crippen molar-refractivity contribution in [1.29, 1.82) is 0 Å². The van der Waals surface area contributed by atoms with Gasteiger partial charge in [-0.15, -0.1) is 0 Å². The number of ether oxygens (including phenoxy) is 2. The highest BCUT2D eigenvalue weighted by Gasteiger charge is 2.34. The van der Waals surface area contributed by atoms with Crippen LogP contribution < -0.4 is 9.47 Å². The fourth-order valence-electron chi connectivity index (χ4n) is 3.35. The van der Waals surface area contributed by atoms with Gasteiger partial charge in [0.15, 0.2) is 0 Å². The average Bonchev–Trinajstić information content (AvgIpc) is 2.68. The van der Waals surface area contributed by atoms with Gasteiger partial charge in [-0.25, -0.2) is 0 Å². The van der Waals surface area contributed by atoms with E-state index >= 15 is 0 Å². The van der Waals surface area contributed by atoms with Crippen molar-refractivity contribution < 1.29 is 14.6 Å². The number of pyridine rings is 1. The third-order valence-electron chi connectivity index (χ3n) is 5.04. The molecule has 25 heavy (non-hydrogen) atoms. The summed E-state index contributed by atoms with van der Waals surface area (Å²) in [6.07, 6.45) is 6.09. The van der Waals surface area contributed by atoms with Gasteiger partial charge in [0.05, 0.1) is 19.8 Å². The molecule has 0 aliphatic carbocycles. The standard InChI is InChI=1S/C20H26N2O3/c1-24-18-13-17(14-19(15-18)25-2)20(23)6-11-22(12-7-20)10-5-16-3-8-21-9-4-16/h3-4,8-9,13-15,23H,5-7,10-12H2,1-2H3. The molecule has 1 aromatic heterocycles. The average molecular weight is 342 g/mol. The topological polar surface area (TPSA) is 54.8 Å². The Morgan fingerprint density at radius 2 is 1.64 bits per heavy atom. The number of methoxy groups -OCH3 is 2. The van der Waals surface area contributed by atoms with Gasteiger partial charge >= 0.3 is 0 Å². The Morgan fingerprint density at radius 3 is 2.20 bits per heavy atom. The minimum atomic E-state index is -0.824. The second-order valence-electron chi connectivity index (χ2n) is 6.58. The summed E-state index contributed by atoms with van der Waals surface area (Å²) in [5, 5.41) is 11.1. The van der Waals surface area contributed by atoms with E-state index in [1.165, 1.54) is 5.56 Å². The second kappa shape index (κ2) is 7.85. The molecule has 0 radical (unpaired) electrons. The minimum absolute atomic E-state index is 0.708. The Balaban J connectivity index is 1.62. The highest BCUT2D eigenvalue weighted by Crippen LogP contribution is 2.36. The lowest BCUT2D eigenvalue weighted by atomic mass is 9.84. The van der Waals surface area contributed by atoms with Crippen LogP contribution in [0.25, 0.3) is 0 Å². The number of piperidine rings is 1. The van der Waals surface area contributed by atoms with E-state index in [1.807, 2.05) is 30.6 Å². The largest absolute Gasteiger partial charge is 0.497 e. The smallest absolute Gasteiger partial charge is 0.122 e. The van der Waals surface area contributed by atoms with Crippen LogP contribution in [0.5, 0.6) is 11.5 Å². The number of aromatic nitrogens is 1. The molecular formula is C20H26N2O3. The maximum absolute atomic E-state index is 11.1. The quantitative estimate of drug-likeness (QED) is 0.875. The van der Waals surface area contributed by atoms with E-state index in [4.69, 9.17) is 9.47 Å². The molecule has 1 aliphatic rings. The predicted molar refractivity (Wildman–Crippen MR) is 97.1 cm³/mol.